The summed E-state index contributed by atoms with van der Waals surface area (Å²) in [5.41, 5.74) is 1.86. The first-order valence-electron chi connectivity index (χ1n) is 6.96. The Labute approximate surface area is 122 Å². The lowest BCUT2D eigenvalue weighted by atomic mass is 10.1. The average molecular weight is 281 g/mol. The molecule has 0 amide bonds. The van der Waals surface area contributed by atoms with Crippen LogP contribution in [0.15, 0.2) is 24.3 Å². The average Bonchev–Trinajstić information content (AvgIpc) is 2.40. The van der Waals surface area contributed by atoms with Crippen molar-refractivity contribution in [1.29, 1.82) is 0 Å². The number of hydrogen-bond donors (Lipinski definition) is 0. The Bertz CT molecular complexity index is 360. The molecule has 0 aromatic heterocycles. The SMILES string of the molecule is CCOC(C)OCC.CN(C)Cc1ccccc1C=O. The first-order valence-corrected chi connectivity index (χ1v) is 6.96. The first-order chi connectivity index (χ1) is 9.54. The molecule has 0 fully saturated rings. The Balaban J connectivity index is 0.000000396. The summed E-state index contributed by atoms with van der Waals surface area (Å²) in [5.74, 6) is 0. The van der Waals surface area contributed by atoms with Crippen LogP contribution in [0.3, 0.4) is 0 Å². The lowest BCUT2D eigenvalue weighted by molar-refractivity contribution is -0.123. The maximum absolute atomic E-state index is 10.6. The van der Waals surface area contributed by atoms with Gasteiger partial charge in [-0.25, -0.2) is 0 Å². The van der Waals surface area contributed by atoms with Gasteiger partial charge in [-0.15, -0.1) is 0 Å². The van der Waals surface area contributed by atoms with Gasteiger partial charge in [0, 0.05) is 25.3 Å². The summed E-state index contributed by atoms with van der Waals surface area (Å²) in [6, 6.07) is 7.64. The quantitative estimate of drug-likeness (QED) is 0.569. The van der Waals surface area contributed by atoms with E-state index in [9.17, 15) is 4.79 Å². The first kappa shape index (κ1) is 18.8. The van der Waals surface area contributed by atoms with E-state index < -0.39 is 0 Å². The molecular weight excluding hydrogens is 254 g/mol. The van der Waals surface area contributed by atoms with Gasteiger partial charge in [0.2, 0.25) is 0 Å². The summed E-state index contributed by atoms with van der Waals surface area (Å²) in [6.07, 6.45) is 0.865. The van der Waals surface area contributed by atoms with Gasteiger partial charge >= 0.3 is 0 Å². The predicted octanol–water partition coefficient (Wildman–Crippen LogP) is 2.97. The Morgan fingerprint density at radius 1 is 1.15 bits per heavy atom. The lowest BCUT2D eigenvalue weighted by Gasteiger charge is -2.10. The maximum atomic E-state index is 10.6. The minimum Gasteiger partial charge on any atom is -0.353 e. The molecule has 0 unspecified atom stereocenters. The third-order valence-electron chi connectivity index (χ3n) is 2.47. The van der Waals surface area contributed by atoms with Gasteiger partial charge in [-0.2, -0.15) is 0 Å². The molecule has 1 rings (SSSR count). The molecule has 114 valence electrons. The van der Waals surface area contributed by atoms with Crippen molar-refractivity contribution >= 4 is 6.29 Å². The van der Waals surface area contributed by atoms with Crippen LogP contribution in [0.5, 0.6) is 0 Å². The molecule has 0 heterocycles. The maximum Gasteiger partial charge on any atom is 0.154 e. The van der Waals surface area contributed by atoms with Crippen molar-refractivity contribution in [2.75, 3.05) is 27.3 Å². The van der Waals surface area contributed by atoms with Gasteiger partial charge in [0.1, 0.15) is 6.29 Å². The summed E-state index contributed by atoms with van der Waals surface area (Å²) in [6.45, 7) is 8.06. The van der Waals surface area contributed by atoms with Gasteiger partial charge in [-0.3, -0.25) is 4.79 Å². The van der Waals surface area contributed by atoms with Crippen molar-refractivity contribution in [1.82, 2.24) is 4.90 Å². The molecule has 0 bridgehead atoms. The summed E-state index contributed by atoms with van der Waals surface area (Å²) < 4.78 is 10.1. The highest BCUT2D eigenvalue weighted by molar-refractivity contribution is 5.77. The van der Waals surface area contributed by atoms with E-state index in [1.54, 1.807) is 0 Å². The van der Waals surface area contributed by atoms with Crippen molar-refractivity contribution in [3.8, 4) is 0 Å². The number of nitrogens with zero attached hydrogens (tertiary/aromatic N) is 1. The molecule has 0 atom stereocenters. The second-order valence-corrected chi connectivity index (χ2v) is 4.53. The molecule has 0 radical (unpaired) electrons. The number of rotatable bonds is 7. The Morgan fingerprint density at radius 3 is 2.15 bits per heavy atom. The zero-order chi connectivity index (χ0) is 15.4. The van der Waals surface area contributed by atoms with E-state index in [4.69, 9.17) is 9.47 Å². The number of hydrogen-bond acceptors (Lipinski definition) is 4. The van der Waals surface area contributed by atoms with Gasteiger partial charge in [0.15, 0.2) is 6.29 Å². The van der Waals surface area contributed by atoms with Crippen molar-refractivity contribution in [3.05, 3.63) is 35.4 Å². The third-order valence-corrected chi connectivity index (χ3v) is 2.47. The number of carbonyl (C=O) groups is 1. The largest absolute Gasteiger partial charge is 0.353 e. The van der Waals surface area contributed by atoms with Gasteiger partial charge in [0.25, 0.3) is 0 Å². The van der Waals surface area contributed by atoms with Gasteiger partial charge in [-0.05, 0) is 40.4 Å². The van der Waals surface area contributed by atoms with E-state index >= 15 is 0 Å². The van der Waals surface area contributed by atoms with E-state index in [2.05, 4.69) is 0 Å². The predicted molar refractivity (Wildman–Crippen MR) is 81.9 cm³/mol. The van der Waals surface area contributed by atoms with Crippen LogP contribution in [-0.4, -0.2) is 44.8 Å². The fourth-order valence-corrected chi connectivity index (χ4v) is 1.65. The monoisotopic (exact) mass is 281 g/mol. The smallest absolute Gasteiger partial charge is 0.154 e. The number of carbonyl (C=O) groups excluding carboxylic acids is 1. The van der Waals surface area contributed by atoms with Crippen LogP contribution in [0.1, 0.15) is 36.7 Å². The van der Waals surface area contributed by atoms with Gasteiger partial charge in [-0.1, -0.05) is 24.3 Å². The highest BCUT2D eigenvalue weighted by Gasteiger charge is 2.00. The van der Waals surface area contributed by atoms with E-state index in [0.717, 1.165) is 37.2 Å². The minimum atomic E-state index is -0.0370. The molecule has 0 aliphatic heterocycles. The zero-order valence-electron chi connectivity index (χ0n) is 13.3. The molecule has 0 aliphatic rings. The number of benzene rings is 1. The summed E-state index contributed by atoms with van der Waals surface area (Å²) in [4.78, 5) is 12.6. The summed E-state index contributed by atoms with van der Waals surface area (Å²) in [5, 5.41) is 0. The third kappa shape index (κ3) is 8.80. The van der Waals surface area contributed by atoms with Crippen LogP contribution in [0, 0.1) is 0 Å². The second kappa shape index (κ2) is 11.6. The van der Waals surface area contributed by atoms with Crippen molar-refractivity contribution in [2.24, 2.45) is 0 Å². The molecule has 4 nitrogen and oxygen atoms in total. The van der Waals surface area contributed by atoms with E-state index in [-0.39, 0.29) is 6.29 Å². The van der Waals surface area contributed by atoms with Crippen LogP contribution in [0.4, 0.5) is 0 Å². The molecule has 1 aromatic carbocycles. The molecule has 0 spiro atoms. The molecule has 4 heteroatoms. The Morgan fingerprint density at radius 2 is 1.70 bits per heavy atom. The van der Waals surface area contributed by atoms with Crippen LogP contribution in [0.2, 0.25) is 0 Å². The van der Waals surface area contributed by atoms with E-state index in [1.807, 2.05) is 64.0 Å². The minimum absolute atomic E-state index is 0.0370. The fraction of sp³-hybridized carbons (Fsp3) is 0.562. The van der Waals surface area contributed by atoms with Crippen molar-refractivity contribution in [3.63, 3.8) is 0 Å². The molecular formula is C16H27NO3. The standard InChI is InChI=1S/C10H13NO.C6H14O2/c1-11(2)7-9-5-3-4-6-10(9)8-12;1-4-7-6(3)8-5-2/h3-6,8H,7H2,1-2H3;6H,4-5H2,1-3H3. The van der Waals surface area contributed by atoms with Crippen molar-refractivity contribution < 1.29 is 14.3 Å². The highest BCUT2D eigenvalue weighted by atomic mass is 16.7. The molecule has 0 saturated heterocycles. The van der Waals surface area contributed by atoms with Crippen LogP contribution < -0.4 is 0 Å². The molecule has 0 aliphatic carbocycles. The van der Waals surface area contributed by atoms with Crippen LogP contribution in [-0.2, 0) is 16.0 Å². The summed E-state index contributed by atoms with van der Waals surface area (Å²) >= 11 is 0. The Hall–Kier alpha value is -1.23. The number of aldehydes is 1. The molecule has 20 heavy (non-hydrogen) atoms. The van der Waals surface area contributed by atoms with E-state index in [1.165, 1.54) is 0 Å². The molecule has 0 N–H and O–H groups in total. The zero-order valence-corrected chi connectivity index (χ0v) is 13.3. The fourth-order valence-electron chi connectivity index (χ4n) is 1.65. The van der Waals surface area contributed by atoms with Crippen molar-refractivity contribution in [2.45, 2.75) is 33.6 Å². The van der Waals surface area contributed by atoms with Crippen LogP contribution in [0.25, 0.3) is 0 Å². The highest BCUT2D eigenvalue weighted by Crippen LogP contribution is 2.07. The van der Waals surface area contributed by atoms with Gasteiger partial charge in [0.05, 0.1) is 0 Å². The number of ether oxygens (including phenoxy) is 2. The molecule has 1 aromatic rings. The Kier molecular flexibility index (Phi) is 10.9. The van der Waals surface area contributed by atoms with Crippen LogP contribution >= 0.6 is 0 Å². The van der Waals surface area contributed by atoms with Gasteiger partial charge < -0.3 is 14.4 Å². The normalized spacial score (nSPS) is 10.3. The second-order valence-electron chi connectivity index (χ2n) is 4.53. The molecule has 0 saturated carbocycles. The summed E-state index contributed by atoms with van der Waals surface area (Å²) in [7, 11) is 3.98. The lowest BCUT2D eigenvalue weighted by Crippen LogP contribution is -2.12. The topological polar surface area (TPSA) is 38.8 Å². The van der Waals surface area contributed by atoms with E-state index in [0.29, 0.717) is 0 Å².